The van der Waals surface area contributed by atoms with Gasteiger partial charge in [-0.2, -0.15) is 0 Å². The highest BCUT2D eigenvalue weighted by molar-refractivity contribution is 5.87. The van der Waals surface area contributed by atoms with Crippen LogP contribution in [0, 0.1) is 5.92 Å². The monoisotopic (exact) mass is 341 g/mol. The molecule has 1 saturated heterocycles. The average molecular weight is 341 g/mol. The molecule has 2 rings (SSSR count). The minimum absolute atomic E-state index is 0.0841. The molecule has 0 spiro atoms. The van der Waals surface area contributed by atoms with Crippen LogP contribution in [0.4, 0.5) is 4.79 Å². The van der Waals surface area contributed by atoms with Gasteiger partial charge in [-0.3, -0.25) is 4.79 Å². The van der Waals surface area contributed by atoms with Gasteiger partial charge in [-0.25, -0.2) is 4.79 Å². The topological polar surface area (TPSA) is 82.1 Å². The highest BCUT2D eigenvalue weighted by Crippen LogP contribution is 2.34. The molecule has 0 radical (unpaired) electrons. The largest absolute Gasteiger partial charge is 0.465 e. The van der Waals surface area contributed by atoms with Crippen molar-refractivity contribution in [2.75, 3.05) is 27.3 Å². The highest BCUT2D eigenvalue weighted by Gasteiger charge is 2.42. The molecule has 7 heteroatoms. The number of hydrogen-bond acceptors (Lipinski definition) is 4. The van der Waals surface area contributed by atoms with Crippen LogP contribution in [0.3, 0.4) is 0 Å². The first-order valence-electron chi connectivity index (χ1n) is 8.86. The predicted molar refractivity (Wildman–Crippen MR) is 91.0 cm³/mol. The van der Waals surface area contributed by atoms with Gasteiger partial charge in [-0.1, -0.05) is 0 Å². The van der Waals surface area contributed by atoms with Gasteiger partial charge in [-0.05, 0) is 46.6 Å². The first kappa shape index (κ1) is 19.0. The number of rotatable bonds is 6. The van der Waals surface area contributed by atoms with Gasteiger partial charge >= 0.3 is 6.09 Å². The molecule has 4 atom stereocenters. The Hall–Kier alpha value is -1.34. The van der Waals surface area contributed by atoms with E-state index in [0.29, 0.717) is 37.6 Å². The molecule has 1 aliphatic carbocycles. The number of ether oxygens (including phenoxy) is 1. The van der Waals surface area contributed by atoms with Crippen LogP contribution < -0.4 is 5.32 Å². The van der Waals surface area contributed by atoms with Gasteiger partial charge in [0.25, 0.3) is 0 Å². The highest BCUT2D eigenvalue weighted by atomic mass is 16.5. The molecule has 0 aromatic heterocycles. The summed E-state index contributed by atoms with van der Waals surface area (Å²) in [6.45, 7) is 5.65. The number of carboxylic acid groups (broad SMARTS) is 1. The number of carbonyl (C=O) groups is 2. The fourth-order valence-electron chi connectivity index (χ4n) is 4.13. The molecule has 1 aliphatic heterocycles. The van der Waals surface area contributed by atoms with E-state index in [2.05, 4.69) is 31.1 Å². The maximum atomic E-state index is 12.6. The summed E-state index contributed by atoms with van der Waals surface area (Å²) in [5.74, 6) is 0.210. The molecule has 1 heterocycles. The first-order chi connectivity index (χ1) is 11.3. The predicted octanol–water partition coefficient (Wildman–Crippen LogP) is 1.38. The van der Waals surface area contributed by atoms with E-state index in [1.807, 2.05) is 4.90 Å². The lowest BCUT2D eigenvalue weighted by Crippen LogP contribution is -2.52. The smallest absolute Gasteiger partial charge is 0.405 e. The Kier molecular flexibility index (Phi) is 6.46. The van der Waals surface area contributed by atoms with Gasteiger partial charge in [0.2, 0.25) is 5.91 Å². The van der Waals surface area contributed by atoms with Crippen molar-refractivity contribution in [1.82, 2.24) is 15.1 Å². The third-order valence-electron chi connectivity index (χ3n) is 5.62. The number of nitrogens with zero attached hydrogens (tertiary/aromatic N) is 2. The fourth-order valence-corrected chi connectivity index (χ4v) is 4.13. The Labute approximate surface area is 144 Å². The lowest BCUT2D eigenvalue weighted by molar-refractivity contribution is -0.134. The van der Waals surface area contributed by atoms with Crippen LogP contribution in [0.15, 0.2) is 0 Å². The Balaban J connectivity index is 2.04. The summed E-state index contributed by atoms with van der Waals surface area (Å²) in [5.41, 5.74) is 0. The van der Waals surface area contributed by atoms with Crippen molar-refractivity contribution in [2.24, 2.45) is 5.92 Å². The molecule has 0 aromatic rings. The molecule has 1 saturated carbocycles. The van der Waals surface area contributed by atoms with Crippen LogP contribution in [0.25, 0.3) is 0 Å². The molecular formula is C17H31N3O4. The first-order valence-corrected chi connectivity index (χ1v) is 8.86. The summed E-state index contributed by atoms with van der Waals surface area (Å²) >= 11 is 0. The second-order valence-electron chi connectivity index (χ2n) is 7.33. The second kappa shape index (κ2) is 8.16. The number of nitrogens with one attached hydrogen (secondary N) is 1. The summed E-state index contributed by atoms with van der Waals surface area (Å²) in [6, 6.07) is 0.552. The van der Waals surface area contributed by atoms with Crippen molar-refractivity contribution in [2.45, 2.75) is 63.7 Å². The quantitative estimate of drug-likeness (QED) is 0.763. The van der Waals surface area contributed by atoms with Crippen molar-refractivity contribution < 1.29 is 19.4 Å². The van der Waals surface area contributed by atoms with Gasteiger partial charge in [0.1, 0.15) is 6.04 Å². The molecule has 2 aliphatic rings. The van der Waals surface area contributed by atoms with E-state index in [9.17, 15) is 9.59 Å². The molecule has 0 bridgehead atoms. The Morgan fingerprint density at radius 1 is 1.42 bits per heavy atom. The van der Waals surface area contributed by atoms with Crippen LogP contribution in [0.1, 0.15) is 39.5 Å². The van der Waals surface area contributed by atoms with Gasteiger partial charge < -0.3 is 25.0 Å². The minimum Gasteiger partial charge on any atom is -0.465 e. The lowest BCUT2D eigenvalue weighted by atomic mass is 9.80. The second-order valence-corrected chi connectivity index (χ2v) is 7.33. The molecule has 0 unspecified atom stereocenters. The van der Waals surface area contributed by atoms with Crippen LogP contribution in [0.5, 0.6) is 0 Å². The number of amides is 2. The van der Waals surface area contributed by atoms with Crippen molar-refractivity contribution in [1.29, 1.82) is 0 Å². The van der Waals surface area contributed by atoms with Gasteiger partial charge in [-0.15, -0.1) is 0 Å². The number of hydrogen-bond donors (Lipinski definition) is 2. The Morgan fingerprint density at radius 3 is 2.71 bits per heavy atom. The Morgan fingerprint density at radius 2 is 2.12 bits per heavy atom. The molecule has 0 aromatic carbocycles. The number of methoxy groups -OCH3 is 1. The van der Waals surface area contributed by atoms with E-state index in [0.717, 1.165) is 19.3 Å². The van der Waals surface area contributed by atoms with Crippen LogP contribution in [-0.2, 0) is 9.53 Å². The number of likely N-dealkylation sites (tertiary alicyclic amines) is 1. The maximum Gasteiger partial charge on any atom is 0.405 e. The zero-order chi connectivity index (χ0) is 17.9. The minimum atomic E-state index is -1.13. The van der Waals surface area contributed by atoms with E-state index in [4.69, 9.17) is 9.84 Å². The Bertz CT molecular complexity index is 457. The lowest BCUT2D eigenvalue weighted by Gasteiger charge is -2.44. The van der Waals surface area contributed by atoms with E-state index < -0.39 is 12.1 Å². The van der Waals surface area contributed by atoms with Crippen molar-refractivity contribution >= 4 is 12.0 Å². The molecule has 2 N–H and O–H groups in total. The fraction of sp³-hybridized carbons (Fsp3) is 0.882. The normalized spacial score (nSPS) is 31.1. The molecule has 7 nitrogen and oxygen atoms in total. The third kappa shape index (κ3) is 4.19. The maximum absolute atomic E-state index is 12.6. The third-order valence-corrected chi connectivity index (χ3v) is 5.62. The standard InChI is InChI=1S/C17H31N3O4/c1-11(2)19(3)13-5-6-15(12(9-13)10-24-4)20-8-7-14(16(20)21)18-17(22)23/h11-15,18H,5-10H2,1-4H3,(H,22,23)/t12-,13+,14-,15-/m0/s1. The summed E-state index contributed by atoms with van der Waals surface area (Å²) in [7, 11) is 3.86. The van der Waals surface area contributed by atoms with Gasteiger partial charge in [0, 0.05) is 37.7 Å². The van der Waals surface area contributed by atoms with Crippen molar-refractivity contribution in [3.63, 3.8) is 0 Å². The van der Waals surface area contributed by atoms with Crippen molar-refractivity contribution in [3.8, 4) is 0 Å². The molecular weight excluding hydrogens is 310 g/mol. The van der Waals surface area contributed by atoms with Crippen molar-refractivity contribution in [3.05, 3.63) is 0 Å². The zero-order valence-electron chi connectivity index (χ0n) is 15.2. The van der Waals surface area contributed by atoms with E-state index in [1.54, 1.807) is 7.11 Å². The van der Waals surface area contributed by atoms with Gasteiger partial charge in [0.15, 0.2) is 0 Å². The van der Waals surface area contributed by atoms with Gasteiger partial charge in [0.05, 0.1) is 6.61 Å². The zero-order valence-corrected chi connectivity index (χ0v) is 15.2. The average Bonchev–Trinajstić information content (AvgIpc) is 2.87. The van der Waals surface area contributed by atoms with E-state index in [-0.39, 0.29) is 11.9 Å². The molecule has 2 fully saturated rings. The summed E-state index contributed by atoms with van der Waals surface area (Å²) in [6.07, 6.45) is 2.43. The summed E-state index contributed by atoms with van der Waals surface area (Å²) in [5, 5.41) is 11.2. The van der Waals surface area contributed by atoms with E-state index in [1.165, 1.54) is 0 Å². The summed E-state index contributed by atoms with van der Waals surface area (Å²) in [4.78, 5) is 27.7. The summed E-state index contributed by atoms with van der Waals surface area (Å²) < 4.78 is 5.42. The molecule has 24 heavy (non-hydrogen) atoms. The SMILES string of the molecule is COC[C@@H]1C[C@H](N(C)C(C)C)CC[C@@H]1N1CC[C@H](NC(=O)O)C1=O. The van der Waals surface area contributed by atoms with Crippen LogP contribution >= 0.6 is 0 Å². The molecule has 2 amide bonds. The van der Waals surface area contributed by atoms with Crippen LogP contribution in [-0.4, -0.2) is 78.4 Å². The van der Waals surface area contributed by atoms with Crippen LogP contribution in [0.2, 0.25) is 0 Å². The number of carbonyl (C=O) groups excluding carboxylic acids is 1. The molecule has 138 valence electrons. The van der Waals surface area contributed by atoms with E-state index >= 15 is 0 Å².